The minimum atomic E-state index is 0.0829. The van der Waals surface area contributed by atoms with Gasteiger partial charge in [0.05, 0.1) is 6.04 Å². The summed E-state index contributed by atoms with van der Waals surface area (Å²) in [6, 6.07) is 10.0. The quantitative estimate of drug-likeness (QED) is 0.849. The molecule has 20 heavy (non-hydrogen) atoms. The second-order valence-electron chi connectivity index (χ2n) is 4.30. The summed E-state index contributed by atoms with van der Waals surface area (Å²) in [5, 5.41) is 15.1. The van der Waals surface area contributed by atoms with Gasteiger partial charge >= 0.3 is 0 Å². The van der Waals surface area contributed by atoms with Gasteiger partial charge in [-0.15, -0.1) is 11.3 Å². The van der Waals surface area contributed by atoms with Crippen molar-refractivity contribution in [1.82, 2.24) is 10.3 Å². The smallest absolute Gasteiger partial charge is 0.174 e. The molecule has 0 aliphatic carbocycles. The van der Waals surface area contributed by atoms with Crippen molar-refractivity contribution in [3.63, 3.8) is 0 Å². The number of nitrogens with one attached hydrogen (secondary N) is 1. The van der Waals surface area contributed by atoms with Gasteiger partial charge < -0.3 is 10.1 Å². The van der Waals surface area contributed by atoms with E-state index in [1.165, 1.54) is 5.56 Å². The summed E-state index contributed by atoms with van der Waals surface area (Å²) in [7, 11) is 0. The molecule has 1 N–H and O–H groups in total. The molecule has 1 atom stereocenters. The number of rotatable bonds is 7. The van der Waals surface area contributed by atoms with Gasteiger partial charge in [0.1, 0.15) is 16.8 Å². The predicted octanol–water partition coefficient (Wildman–Crippen LogP) is 3.29. The second-order valence-corrected chi connectivity index (χ2v) is 5.23. The van der Waals surface area contributed by atoms with E-state index in [2.05, 4.69) is 17.2 Å². The van der Waals surface area contributed by atoms with Crippen LogP contribution in [0.3, 0.4) is 0 Å². The van der Waals surface area contributed by atoms with Gasteiger partial charge in [0.15, 0.2) is 6.61 Å². The lowest BCUT2D eigenvalue weighted by Crippen LogP contribution is -2.20. The van der Waals surface area contributed by atoms with Crippen LogP contribution in [-0.4, -0.2) is 11.6 Å². The van der Waals surface area contributed by atoms with Crippen molar-refractivity contribution in [3.8, 4) is 11.8 Å². The molecule has 1 unspecified atom stereocenters. The molecule has 0 bridgehead atoms. The van der Waals surface area contributed by atoms with Crippen LogP contribution in [0.2, 0.25) is 0 Å². The summed E-state index contributed by atoms with van der Waals surface area (Å²) in [6.45, 7) is 3.02. The maximum Gasteiger partial charge on any atom is 0.174 e. The lowest BCUT2D eigenvalue weighted by atomic mass is 10.2. The summed E-state index contributed by atoms with van der Waals surface area (Å²) >= 11 is 1.68. The highest BCUT2D eigenvalue weighted by molar-refractivity contribution is 7.09. The lowest BCUT2D eigenvalue weighted by molar-refractivity contribution is 0.368. The van der Waals surface area contributed by atoms with Crippen molar-refractivity contribution in [2.75, 3.05) is 6.61 Å². The Labute approximate surface area is 123 Å². The van der Waals surface area contributed by atoms with Gasteiger partial charge in [0, 0.05) is 18.1 Å². The first-order chi connectivity index (χ1) is 9.83. The highest BCUT2D eigenvalue weighted by Crippen LogP contribution is 2.19. The van der Waals surface area contributed by atoms with E-state index >= 15 is 0 Å². The molecule has 1 aromatic carbocycles. The van der Waals surface area contributed by atoms with Gasteiger partial charge in [-0.25, -0.2) is 4.98 Å². The first kappa shape index (κ1) is 14.5. The summed E-state index contributed by atoms with van der Waals surface area (Å²) in [4.78, 5) is 4.35. The molecule has 0 amide bonds. The van der Waals surface area contributed by atoms with Gasteiger partial charge in [-0.1, -0.05) is 19.1 Å². The van der Waals surface area contributed by atoms with Crippen LogP contribution >= 0.6 is 11.3 Å². The molecule has 104 valence electrons. The fourth-order valence-electron chi connectivity index (χ4n) is 1.87. The minimum Gasteiger partial charge on any atom is -0.479 e. The zero-order valence-corrected chi connectivity index (χ0v) is 12.2. The van der Waals surface area contributed by atoms with E-state index in [1.54, 1.807) is 11.3 Å². The summed E-state index contributed by atoms with van der Waals surface area (Å²) in [5.41, 5.74) is 1.18. The third-order valence-electron chi connectivity index (χ3n) is 2.94. The van der Waals surface area contributed by atoms with Crippen LogP contribution in [0.15, 0.2) is 35.8 Å². The van der Waals surface area contributed by atoms with Gasteiger partial charge in [0.2, 0.25) is 0 Å². The summed E-state index contributed by atoms with van der Waals surface area (Å²) in [5.74, 6) is 0.724. The Hall–Kier alpha value is -1.90. The van der Waals surface area contributed by atoms with E-state index in [4.69, 9.17) is 10.00 Å². The molecule has 2 rings (SSSR count). The molecule has 0 aliphatic rings. The third kappa shape index (κ3) is 4.05. The predicted molar refractivity (Wildman–Crippen MR) is 79.5 cm³/mol. The average Bonchev–Trinajstić information content (AvgIpc) is 3.01. The van der Waals surface area contributed by atoms with Gasteiger partial charge in [-0.05, 0) is 24.1 Å². The minimum absolute atomic E-state index is 0.0829. The number of ether oxygens (including phenoxy) is 1. The van der Waals surface area contributed by atoms with Crippen molar-refractivity contribution < 1.29 is 4.74 Å². The van der Waals surface area contributed by atoms with Gasteiger partial charge in [-0.2, -0.15) is 5.26 Å². The maximum absolute atomic E-state index is 8.46. The topological polar surface area (TPSA) is 57.9 Å². The van der Waals surface area contributed by atoms with Crippen molar-refractivity contribution in [1.29, 1.82) is 5.26 Å². The fourth-order valence-corrected chi connectivity index (χ4v) is 2.67. The number of thiazole rings is 1. The zero-order chi connectivity index (χ0) is 14.2. The monoisotopic (exact) mass is 287 g/mol. The van der Waals surface area contributed by atoms with Crippen LogP contribution in [0, 0.1) is 11.3 Å². The number of aromatic nitrogens is 1. The molecule has 0 aliphatic heterocycles. The normalized spacial score (nSPS) is 11.8. The van der Waals surface area contributed by atoms with Gasteiger partial charge in [0.25, 0.3) is 0 Å². The Morgan fingerprint density at radius 3 is 2.80 bits per heavy atom. The van der Waals surface area contributed by atoms with E-state index < -0.39 is 0 Å². The summed E-state index contributed by atoms with van der Waals surface area (Å²) < 4.78 is 5.23. The molecule has 0 spiro atoms. The van der Waals surface area contributed by atoms with Crippen LogP contribution in [0.4, 0.5) is 0 Å². The Bertz CT molecular complexity index is 545. The maximum atomic E-state index is 8.46. The SMILES string of the molecule is CCC(NCc1ccc(OCC#N)cc1)c1nccs1. The highest BCUT2D eigenvalue weighted by atomic mass is 32.1. The first-order valence-corrected chi connectivity index (χ1v) is 7.43. The third-order valence-corrected chi connectivity index (χ3v) is 3.83. The molecular weight excluding hydrogens is 270 g/mol. The Kier molecular flexibility index (Phi) is 5.54. The number of hydrogen-bond acceptors (Lipinski definition) is 5. The van der Waals surface area contributed by atoms with Crippen molar-refractivity contribution in [2.45, 2.75) is 25.9 Å². The number of nitrogens with zero attached hydrogens (tertiary/aromatic N) is 2. The standard InChI is InChI=1S/C15H17N3OS/c1-2-14(15-17-8-10-20-15)18-11-12-3-5-13(6-4-12)19-9-7-16/h3-6,8,10,14,18H,2,9,11H2,1H3. The van der Waals surface area contributed by atoms with E-state index in [0.717, 1.165) is 23.7 Å². The van der Waals surface area contributed by atoms with Crippen LogP contribution in [0.5, 0.6) is 5.75 Å². The van der Waals surface area contributed by atoms with E-state index in [1.807, 2.05) is 41.9 Å². The second kappa shape index (κ2) is 7.63. The Balaban J connectivity index is 1.88. The van der Waals surface area contributed by atoms with Crippen molar-refractivity contribution in [3.05, 3.63) is 46.4 Å². The molecule has 1 aromatic heterocycles. The number of benzene rings is 1. The van der Waals surface area contributed by atoms with Gasteiger partial charge in [-0.3, -0.25) is 0 Å². The Morgan fingerprint density at radius 1 is 1.40 bits per heavy atom. The highest BCUT2D eigenvalue weighted by Gasteiger charge is 2.10. The average molecular weight is 287 g/mol. The van der Waals surface area contributed by atoms with E-state index in [-0.39, 0.29) is 6.61 Å². The molecule has 5 heteroatoms. The van der Waals surface area contributed by atoms with Crippen LogP contribution in [0.25, 0.3) is 0 Å². The summed E-state index contributed by atoms with van der Waals surface area (Å²) in [6.07, 6.45) is 2.85. The van der Waals surface area contributed by atoms with E-state index in [9.17, 15) is 0 Å². The molecule has 0 saturated carbocycles. The fraction of sp³-hybridized carbons (Fsp3) is 0.333. The molecular formula is C15H17N3OS. The molecule has 0 saturated heterocycles. The molecule has 0 fully saturated rings. The van der Waals surface area contributed by atoms with Crippen molar-refractivity contribution >= 4 is 11.3 Å². The Morgan fingerprint density at radius 2 is 2.20 bits per heavy atom. The molecule has 4 nitrogen and oxygen atoms in total. The lowest BCUT2D eigenvalue weighted by Gasteiger charge is -2.14. The zero-order valence-electron chi connectivity index (χ0n) is 11.4. The number of nitriles is 1. The van der Waals surface area contributed by atoms with Crippen LogP contribution < -0.4 is 10.1 Å². The van der Waals surface area contributed by atoms with Crippen LogP contribution in [-0.2, 0) is 6.54 Å². The molecule has 2 aromatic rings. The first-order valence-electron chi connectivity index (χ1n) is 6.55. The van der Waals surface area contributed by atoms with Crippen LogP contribution in [0.1, 0.15) is 30.0 Å². The van der Waals surface area contributed by atoms with Crippen molar-refractivity contribution in [2.24, 2.45) is 0 Å². The number of hydrogen-bond donors (Lipinski definition) is 1. The van der Waals surface area contributed by atoms with E-state index in [0.29, 0.717) is 6.04 Å². The largest absolute Gasteiger partial charge is 0.479 e. The molecule has 0 radical (unpaired) electrons. The molecule has 1 heterocycles.